The van der Waals surface area contributed by atoms with Crippen LogP contribution < -0.4 is 42.5 Å². The highest BCUT2D eigenvalue weighted by Gasteiger charge is 2.31. The van der Waals surface area contributed by atoms with Gasteiger partial charge in [0.25, 0.3) is 5.69 Å². The first kappa shape index (κ1) is 25.9. The van der Waals surface area contributed by atoms with Gasteiger partial charge < -0.3 is 42.5 Å². The fraction of sp³-hybridized carbons (Fsp3) is 0.727. The lowest BCUT2D eigenvalue weighted by molar-refractivity contribution is -0.384. The Hall–Kier alpha value is -1.70. The number of rotatable bonds is 5. The number of nitrogens with one attached hydrogen (secondary N) is 8. The van der Waals surface area contributed by atoms with E-state index in [2.05, 4.69) is 42.5 Å². The lowest BCUT2D eigenvalue weighted by atomic mass is 9.97. The van der Waals surface area contributed by atoms with Gasteiger partial charge in [0.1, 0.15) is 0 Å². The molecule has 0 aromatic heterocycles. The Morgan fingerprint density at radius 1 is 0.758 bits per heavy atom. The highest BCUT2D eigenvalue weighted by molar-refractivity contribution is 5.32. The molecule has 4 rings (SSSR count). The van der Waals surface area contributed by atoms with E-state index in [1.54, 1.807) is 12.1 Å². The summed E-state index contributed by atoms with van der Waals surface area (Å²) in [4.78, 5) is 10.6. The maximum absolute atomic E-state index is 11.0. The standard InChI is InChI=1S/C22H41N9O2/c1-23-21-13-24-6-9-27-16-22(17-28-10-7-25-14-21,18-29-11-8-26-15-21)30-12-19-2-4-20(5-3-19)31(32)33/h2-5,23-30H,6-18H2,1H3. The van der Waals surface area contributed by atoms with Gasteiger partial charge in [-0.25, -0.2) is 0 Å². The molecule has 1 aromatic rings. The molecule has 0 saturated carbocycles. The fourth-order valence-electron chi connectivity index (χ4n) is 4.35. The second-order valence-corrected chi connectivity index (χ2v) is 9.15. The highest BCUT2D eigenvalue weighted by atomic mass is 16.6. The first-order chi connectivity index (χ1) is 16.1. The lowest BCUT2D eigenvalue weighted by Crippen LogP contribution is -2.66. The summed E-state index contributed by atoms with van der Waals surface area (Å²) < 4.78 is 0. The lowest BCUT2D eigenvalue weighted by Gasteiger charge is -2.38. The van der Waals surface area contributed by atoms with E-state index in [1.807, 2.05) is 19.2 Å². The molecule has 8 N–H and O–H groups in total. The minimum Gasteiger partial charge on any atom is -0.314 e. The van der Waals surface area contributed by atoms with E-state index in [9.17, 15) is 10.1 Å². The molecule has 3 saturated heterocycles. The Labute approximate surface area is 196 Å². The third kappa shape index (κ3) is 8.23. The second kappa shape index (κ2) is 13.3. The van der Waals surface area contributed by atoms with E-state index >= 15 is 0 Å². The molecule has 3 aliphatic rings. The van der Waals surface area contributed by atoms with E-state index in [0.29, 0.717) is 6.54 Å². The zero-order valence-electron chi connectivity index (χ0n) is 19.8. The van der Waals surface area contributed by atoms with Crippen LogP contribution in [0.2, 0.25) is 0 Å². The summed E-state index contributed by atoms with van der Waals surface area (Å²) in [6.07, 6.45) is 0. The van der Waals surface area contributed by atoms with Crippen LogP contribution in [-0.4, -0.2) is 102 Å². The van der Waals surface area contributed by atoms with Crippen molar-refractivity contribution in [1.82, 2.24) is 42.5 Å². The van der Waals surface area contributed by atoms with Crippen molar-refractivity contribution in [1.29, 1.82) is 0 Å². The minimum atomic E-state index is -0.361. The second-order valence-electron chi connectivity index (χ2n) is 9.15. The van der Waals surface area contributed by atoms with Crippen LogP contribution in [0, 0.1) is 10.1 Å². The number of benzene rings is 1. The summed E-state index contributed by atoms with van der Waals surface area (Å²) in [6, 6.07) is 6.79. The quantitative estimate of drug-likeness (QED) is 0.182. The molecule has 11 heteroatoms. The smallest absolute Gasteiger partial charge is 0.269 e. The molecule has 1 aromatic carbocycles. The first-order valence-corrected chi connectivity index (χ1v) is 12.0. The molecule has 33 heavy (non-hydrogen) atoms. The van der Waals surface area contributed by atoms with Crippen molar-refractivity contribution in [2.45, 2.75) is 17.6 Å². The van der Waals surface area contributed by atoms with Crippen LogP contribution in [0.3, 0.4) is 0 Å². The number of nitro groups is 1. The van der Waals surface area contributed by atoms with Gasteiger partial charge in [-0.1, -0.05) is 12.1 Å². The summed E-state index contributed by atoms with van der Waals surface area (Å²) in [5, 5.41) is 40.0. The summed E-state index contributed by atoms with van der Waals surface area (Å²) >= 11 is 0. The van der Waals surface area contributed by atoms with Crippen molar-refractivity contribution in [3.8, 4) is 0 Å². The van der Waals surface area contributed by atoms with Crippen molar-refractivity contribution < 1.29 is 4.92 Å². The minimum absolute atomic E-state index is 0.0374. The van der Waals surface area contributed by atoms with Crippen LogP contribution in [0.4, 0.5) is 5.69 Å². The van der Waals surface area contributed by atoms with Crippen LogP contribution in [0.25, 0.3) is 0 Å². The Kier molecular flexibility index (Phi) is 10.4. The zero-order valence-corrected chi connectivity index (χ0v) is 19.8. The van der Waals surface area contributed by atoms with Crippen molar-refractivity contribution in [2.75, 3.05) is 85.6 Å². The Balaban J connectivity index is 1.71. The van der Waals surface area contributed by atoms with Crippen molar-refractivity contribution in [2.24, 2.45) is 0 Å². The van der Waals surface area contributed by atoms with Crippen molar-refractivity contribution in [3.63, 3.8) is 0 Å². The van der Waals surface area contributed by atoms with Crippen molar-refractivity contribution >= 4 is 5.69 Å². The molecule has 0 radical (unpaired) electrons. The normalized spacial score (nSPS) is 28.6. The van der Waals surface area contributed by atoms with Crippen LogP contribution in [0.1, 0.15) is 5.56 Å². The van der Waals surface area contributed by atoms with E-state index in [0.717, 1.165) is 84.1 Å². The molecular formula is C22H41N9O2. The van der Waals surface area contributed by atoms with Crippen molar-refractivity contribution in [3.05, 3.63) is 39.9 Å². The number of hydrogen-bond donors (Lipinski definition) is 8. The zero-order chi connectivity index (χ0) is 23.4. The summed E-state index contributed by atoms with van der Waals surface area (Å²) in [5.41, 5.74) is 0.907. The van der Waals surface area contributed by atoms with Gasteiger partial charge in [0.2, 0.25) is 0 Å². The third-order valence-electron chi connectivity index (χ3n) is 6.56. The number of non-ortho nitro benzene ring substituents is 1. The topological polar surface area (TPSA) is 139 Å². The SMILES string of the molecule is CNC12CNCCNCC(NCc3ccc([N+](=O)[O-])cc3)(CNCCNC1)CNCCNC2. The molecule has 11 nitrogen and oxygen atoms in total. The Bertz CT molecular complexity index is 673. The van der Waals surface area contributed by atoms with E-state index in [1.165, 1.54) is 0 Å². The number of hydrogen-bond acceptors (Lipinski definition) is 10. The fourth-order valence-corrected chi connectivity index (χ4v) is 4.35. The molecule has 0 spiro atoms. The summed E-state index contributed by atoms with van der Waals surface area (Å²) in [7, 11) is 2.04. The first-order valence-electron chi connectivity index (χ1n) is 12.0. The summed E-state index contributed by atoms with van der Waals surface area (Å²) in [6.45, 7) is 11.0. The number of nitro benzene ring substituents is 1. The largest absolute Gasteiger partial charge is 0.314 e. The molecule has 3 fully saturated rings. The van der Waals surface area contributed by atoms with Gasteiger partial charge in [0.05, 0.1) is 16.0 Å². The van der Waals surface area contributed by atoms with Crippen LogP contribution >= 0.6 is 0 Å². The molecule has 3 heterocycles. The third-order valence-corrected chi connectivity index (χ3v) is 6.56. The number of fused-ring (bicyclic) bond motifs is 15. The maximum atomic E-state index is 11.0. The van der Waals surface area contributed by atoms with Gasteiger partial charge in [-0.05, 0) is 12.6 Å². The van der Waals surface area contributed by atoms with Gasteiger partial charge in [0.15, 0.2) is 0 Å². The maximum Gasteiger partial charge on any atom is 0.269 e. The predicted molar refractivity (Wildman–Crippen MR) is 132 cm³/mol. The van der Waals surface area contributed by atoms with E-state index in [-0.39, 0.29) is 21.7 Å². The Morgan fingerprint density at radius 3 is 1.52 bits per heavy atom. The average molecular weight is 464 g/mol. The van der Waals surface area contributed by atoms with Crippen LogP contribution in [0.5, 0.6) is 0 Å². The van der Waals surface area contributed by atoms with Gasteiger partial charge in [-0.15, -0.1) is 0 Å². The molecular weight excluding hydrogens is 422 g/mol. The molecule has 186 valence electrons. The average Bonchev–Trinajstić information content (AvgIpc) is 2.83. The van der Waals surface area contributed by atoms with Gasteiger partial charge >= 0.3 is 0 Å². The molecule has 0 unspecified atom stereocenters. The molecule has 0 atom stereocenters. The molecule has 2 bridgehead atoms. The van der Waals surface area contributed by atoms with Crippen LogP contribution in [0.15, 0.2) is 24.3 Å². The molecule has 0 aliphatic carbocycles. The molecule has 0 amide bonds. The predicted octanol–water partition coefficient (Wildman–Crippen LogP) is -2.05. The summed E-state index contributed by atoms with van der Waals surface area (Å²) in [5.74, 6) is 0. The van der Waals surface area contributed by atoms with E-state index in [4.69, 9.17) is 0 Å². The monoisotopic (exact) mass is 463 g/mol. The van der Waals surface area contributed by atoms with E-state index < -0.39 is 0 Å². The van der Waals surface area contributed by atoms with Gasteiger partial charge in [-0.3, -0.25) is 10.1 Å². The molecule has 3 aliphatic heterocycles. The number of likely N-dealkylation sites (N-methyl/N-ethyl adjacent to an activating group) is 1. The van der Waals surface area contributed by atoms with Gasteiger partial charge in [-0.2, -0.15) is 0 Å². The number of nitrogens with zero attached hydrogens (tertiary/aromatic N) is 1. The van der Waals surface area contributed by atoms with Crippen LogP contribution in [-0.2, 0) is 6.54 Å². The van der Waals surface area contributed by atoms with Gasteiger partial charge in [0, 0.05) is 97.2 Å². The Morgan fingerprint density at radius 2 is 1.15 bits per heavy atom. The highest BCUT2D eigenvalue weighted by Crippen LogP contribution is 2.13.